The first kappa shape index (κ1) is 11.4. The average Bonchev–Trinajstić information content (AvgIpc) is 2.67. The van der Waals surface area contributed by atoms with Crippen LogP contribution in [0.1, 0.15) is 6.23 Å². The number of nitrogens with zero attached hydrogens (tertiary/aromatic N) is 2. The molecule has 1 aliphatic rings. The Morgan fingerprint density at radius 2 is 2.62 bits per heavy atom. The summed E-state index contributed by atoms with van der Waals surface area (Å²) in [7, 11) is 1.62. The van der Waals surface area contributed by atoms with Gasteiger partial charge in [-0.15, -0.1) is 11.8 Å². The first-order chi connectivity index (χ1) is 7.70. The second kappa shape index (κ2) is 4.86. The van der Waals surface area contributed by atoms with Crippen molar-refractivity contribution in [2.24, 2.45) is 0 Å². The Morgan fingerprint density at radius 3 is 3.31 bits per heavy atom. The van der Waals surface area contributed by atoms with E-state index in [1.165, 1.54) is 4.57 Å². The first-order valence-electron chi connectivity index (χ1n) is 4.81. The highest BCUT2D eigenvalue weighted by atomic mass is 32.2. The Bertz CT molecular complexity index is 423. The van der Waals surface area contributed by atoms with E-state index in [1.807, 2.05) is 0 Å². The number of aromatic nitrogens is 2. The third-order valence-corrected chi connectivity index (χ3v) is 3.29. The van der Waals surface area contributed by atoms with Crippen LogP contribution in [0.25, 0.3) is 0 Å². The number of anilines is 1. The topological polar surface area (TPSA) is 79.4 Å². The van der Waals surface area contributed by atoms with E-state index in [0.717, 1.165) is 0 Å². The van der Waals surface area contributed by atoms with Gasteiger partial charge in [0.1, 0.15) is 17.5 Å². The molecule has 0 saturated carbocycles. The minimum Gasteiger partial charge on any atom is -0.383 e. The summed E-state index contributed by atoms with van der Waals surface area (Å²) in [6, 6.07) is 1.58. The van der Waals surface area contributed by atoms with Crippen LogP contribution >= 0.6 is 11.8 Å². The summed E-state index contributed by atoms with van der Waals surface area (Å²) in [5, 5.41) is 0. The molecule has 0 spiro atoms. The van der Waals surface area contributed by atoms with Gasteiger partial charge in [0.25, 0.3) is 0 Å². The molecule has 2 heterocycles. The molecule has 1 saturated heterocycles. The van der Waals surface area contributed by atoms with Crippen molar-refractivity contribution in [3.63, 3.8) is 0 Å². The number of nitrogen functional groups attached to an aromatic ring is 1. The molecule has 0 amide bonds. The summed E-state index contributed by atoms with van der Waals surface area (Å²) >= 11 is 1.62. The molecule has 7 heteroatoms. The van der Waals surface area contributed by atoms with Crippen molar-refractivity contribution in [2.45, 2.75) is 11.7 Å². The van der Waals surface area contributed by atoms with Crippen LogP contribution in [0.2, 0.25) is 0 Å². The molecular formula is C9H13N3O3S. The summed E-state index contributed by atoms with van der Waals surface area (Å²) in [5.74, 6) is 0.930. The van der Waals surface area contributed by atoms with Crippen molar-refractivity contribution >= 4 is 17.6 Å². The highest BCUT2D eigenvalue weighted by molar-refractivity contribution is 8.00. The van der Waals surface area contributed by atoms with E-state index in [9.17, 15) is 4.79 Å². The normalized spacial score (nSPS) is 24.8. The zero-order valence-corrected chi connectivity index (χ0v) is 9.64. The maximum atomic E-state index is 11.5. The van der Waals surface area contributed by atoms with E-state index < -0.39 is 0 Å². The Balaban J connectivity index is 2.11. The summed E-state index contributed by atoms with van der Waals surface area (Å²) < 4.78 is 12.1. The Hall–Kier alpha value is -1.05. The first-order valence-corrected chi connectivity index (χ1v) is 5.86. The lowest BCUT2D eigenvalue weighted by Gasteiger charge is -2.13. The molecular weight excluding hydrogens is 230 g/mol. The summed E-state index contributed by atoms with van der Waals surface area (Å²) in [6.07, 6.45) is 1.32. The van der Waals surface area contributed by atoms with Crippen LogP contribution in [-0.2, 0) is 9.47 Å². The van der Waals surface area contributed by atoms with Gasteiger partial charge in [0.2, 0.25) is 0 Å². The van der Waals surface area contributed by atoms with Gasteiger partial charge >= 0.3 is 5.69 Å². The number of rotatable bonds is 3. The fourth-order valence-corrected chi connectivity index (χ4v) is 2.52. The van der Waals surface area contributed by atoms with Gasteiger partial charge in [-0.05, 0) is 6.07 Å². The predicted octanol–water partition coefficient (Wildman–Crippen LogP) is 0.0600. The molecule has 1 aliphatic heterocycles. The van der Waals surface area contributed by atoms with E-state index in [1.54, 1.807) is 31.1 Å². The van der Waals surface area contributed by atoms with Crippen molar-refractivity contribution in [2.75, 3.05) is 25.2 Å². The highest BCUT2D eigenvalue weighted by Crippen LogP contribution is 2.30. The molecule has 2 N–H and O–H groups in total. The van der Waals surface area contributed by atoms with Crippen LogP contribution in [-0.4, -0.2) is 34.5 Å². The van der Waals surface area contributed by atoms with Crippen LogP contribution in [0.4, 0.5) is 5.82 Å². The quantitative estimate of drug-likeness (QED) is 0.808. The molecule has 88 valence electrons. The third-order valence-electron chi connectivity index (χ3n) is 2.20. The lowest BCUT2D eigenvalue weighted by molar-refractivity contribution is -0.0152. The average molecular weight is 243 g/mol. The number of thioether (sulfide) groups is 1. The minimum atomic E-state index is -0.385. The lowest BCUT2D eigenvalue weighted by atomic mass is 10.5. The molecule has 6 nitrogen and oxygen atoms in total. The zero-order chi connectivity index (χ0) is 11.5. The van der Waals surface area contributed by atoms with Crippen LogP contribution in [0.3, 0.4) is 0 Å². The Labute approximate surface area is 96.8 Å². The Morgan fingerprint density at radius 1 is 1.81 bits per heavy atom. The molecule has 0 bridgehead atoms. The summed E-state index contributed by atoms with van der Waals surface area (Å²) in [5.41, 5.74) is 5.00. The second-order valence-electron chi connectivity index (χ2n) is 3.35. The predicted molar refractivity (Wildman–Crippen MR) is 61.2 cm³/mol. The zero-order valence-electron chi connectivity index (χ0n) is 8.83. The molecule has 2 atom stereocenters. The fourth-order valence-electron chi connectivity index (χ4n) is 1.46. The van der Waals surface area contributed by atoms with E-state index in [4.69, 9.17) is 15.2 Å². The van der Waals surface area contributed by atoms with Gasteiger partial charge in [-0.2, -0.15) is 4.98 Å². The van der Waals surface area contributed by atoms with Crippen LogP contribution < -0.4 is 11.4 Å². The van der Waals surface area contributed by atoms with Gasteiger partial charge in [-0.3, -0.25) is 4.57 Å². The van der Waals surface area contributed by atoms with E-state index >= 15 is 0 Å². The van der Waals surface area contributed by atoms with Crippen molar-refractivity contribution in [3.05, 3.63) is 22.7 Å². The van der Waals surface area contributed by atoms with Gasteiger partial charge in [0.05, 0.1) is 6.61 Å². The SMILES string of the molecule is COC[C@H]1O[C@@H](n2ccc(N)nc2=O)CS1. The number of methoxy groups -OCH3 is 1. The van der Waals surface area contributed by atoms with Crippen molar-refractivity contribution in [3.8, 4) is 0 Å². The monoisotopic (exact) mass is 243 g/mol. The fraction of sp³-hybridized carbons (Fsp3) is 0.556. The maximum absolute atomic E-state index is 11.5. The van der Waals surface area contributed by atoms with E-state index in [-0.39, 0.29) is 23.2 Å². The van der Waals surface area contributed by atoms with Gasteiger partial charge in [-0.1, -0.05) is 0 Å². The number of ether oxygens (including phenoxy) is 2. The van der Waals surface area contributed by atoms with Gasteiger partial charge in [0, 0.05) is 19.1 Å². The van der Waals surface area contributed by atoms with Crippen molar-refractivity contribution in [1.82, 2.24) is 9.55 Å². The maximum Gasteiger partial charge on any atom is 0.351 e. The summed E-state index contributed by atoms with van der Waals surface area (Å²) in [6.45, 7) is 0.512. The minimum absolute atomic E-state index is 0.0283. The van der Waals surface area contributed by atoms with E-state index in [0.29, 0.717) is 12.4 Å². The lowest BCUT2D eigenvalue weighted by Crippen LogP contribution is -2.28. The van der Waals surface area contributed by atoms with Crippen molar-refractivity contribution < 1.29 is 9.47 Å². The number of nitrogens with two attached hydrogens (primary N) is 1. The van der Waals surface area contributed by atoms with Gasteiger partial charge < -0.3 is 15.2 Å². The highest BCUT2D eigenvalue weighted by Gasteiger charge is 2.27. The van der Waals surface area contributed by atoms with Crippen molar-refractivity contribution in [1.29, 1.82) is 0 Å². The third kappa shape index (κ3) is 2.37. The summed E-state index contributed by atoms with van der Waals surface area (Å²) in [4.78, 5) is 15.2. The molecule has 0 radical (unpaired) electrons. The standard InChI is InChI=1S/C9H13N3O3S/c1-14-4-8-15-7(5-16-8)12-3-2-6(10)11-9(12)13/h2-3,7-8H,4-5H2,1H3,(H2,10,11,13)/t7-,8+/m1/s1. The van der Waals surface area contributed by atoms with E-state index in [2.05, 4.69) is 4.98 Å². The molecule has 16 heavy (non-hydrogen) atoms. The van der Waals surface area contributed by atoms with Gasteiger partial charge in [0.15, 0.2) is 0 Å². The Kier molecular flexibility index (Phi) is 3.47. The molecule has 0 aliphatic carbocycles. The van der Waals surface area contributed by atoms with Crippen LogP contribution in [0.15, 0.2) is 17.1 Å². The molecule has 0 aromatic carbocycles. The van der Waals surface area contributed by atoms with Crippen LogP contribution in [0.5, 0.6) is 0 Å². The molecule has 1 fully saturated rings. The number of hydrogen-bond donors (Lipinski definition) is 1. The number of hydrogen-bond acceptors (Lipinski definition) is 6. The molecule has 0 unspecified atom stereocenters. The molecule has 1 aromatic heterocycles. The smallest absolute Gasteiger partial charge is 0.351 e. The molecule has 2 rings (SSSR count). The van der Waals surface area contributed by atoms with Gasteiger partial charge in [-0.25, -0.2) is 4.79 Å². The van der Waals surface area contributed by atoms with Crippen LogP contribution in [0, 0.1) is 0 Å². The second-order valence-corrected chi connectivity index (χ2v) is 4.54. The largest absolute Gasteiger partial charge is 0.383 e. The molecule has 1 aromatic rings.